The zero-order valence-corrected chi connectivity index (χ0v) is 14.5. The minimum absolute atomic E-state index is 0. The van der Waals surface area contributed by atoms with E-state index in [1.54, 1.807) is 0 Å². The highest BCUT2D eigenvalue weighted by Crippen LogP contribution is 2.28. The second-order valence-corrected chi connectivity index (χ2v) is 8.28. The molecule has 2 unspecified atom stereocenters. The van der Waals surface area contributed by atoms with Gasteiger partial charge in [-0.25, -0.2) is 18.2 Å². The number of hydrogen-bond acceptors (Lipinski definition) is 7. The van der Waals surface area contributed by atoms with E-state index in [0.29, 0.717) is 13.1 Å². The Kier molecular flexibility index (Phi) is 5.44. The maximum atomic E-state index is 12.8. The van der Waals surface area contributed by atoms with Gasteiger partial charge in [-0.3, -0.25) is 0 Å². The Morgan fingerprint density at radius 3 is 2.64 bits per heavy atom. The fraction of sp³-hybridized carbons (Fsp3) is 0.667. The van der Waals surface area contributed by atoms with Crippen LogP contribution in [0.5, 0.6) is 0 Å². The summed E-state index contributed by atoms with van der Waals surface area (Å²) in [6.45, 7) is 0.884. The third kappa shape index (κ3) is 3.13. The average molecular weight is 368 g/mol. The van der Waals surface area contributed by atoms with E-state index in [1.165, 1.54) is 16.9 Å². The standard InChI is InChI=1S/C12H17N3O4S2.ClH/c1-19-11(16)10-12(20-7-13-10)21(17,18)15-5-8-3-2-4-9(6-15)14-8;/h7-9,14H,2-6H2,1H3;1H. The predicted molar refractivity (Wildman–Crippen MR) is 84.0 cm³/mol. The van der Waals surface area contributed by atoms with Crippen LogP contribution in [-0.4, -0.2) is 56.0 Å². The lowest BCUT2D eigenvalue weighted by Crippen LogP contribution is -2.59. The number of thiazole rings is 1. The van der Waals surface area contributed by atoms with Gasteiger partial charge in [0, 0.05) is 25.2 Å². The van der Waals surface area contributed by atoms with E-state index < -0.39 is 16.0 Å². The van der Waals surface area contributed by atoms with Crippen molar-refractivity contribution in [1.29, 1.82) is 0 Å². The molecule has 0 aromatic carbocycles. The highest BCUT2D eigenvalue weighted by molar-refractivity contribution is 7.91. The minimum Gasteiger partial charge on any atom is -0.464 e. The summed E-state index contributed by atoms with van der Waals surface area (Å²) < 4.78 is 31.6. The monoisotopic (exact) mass is 367 g/mol. The Morgan fingerprint density at radius 1 is 1.41 bits per heavy atom. The third-order valence-electron chi connectivity index (χ3n) is 3.91. The van der Waals surface area contributed by atoms with Crippen LogP contribution in [0.15, 0.2) is 9.72 Å². The van der Waals surface area contributed by atoms with E-state index in [-0.39, 0.29) is 34.4 Å². The number of fused-ring (bicyclic) bond motifs is 2. The molecule has 0 spiro atoms. The number of esters is 1. The van der Waals surface area contributed by atoms with E-state index in [2.05, 4.69) is 15.0 Å². The van der Waals surface area contributed by atoms with Gasteiger partial charge in [0.2, 0.25) is 0 Å². The maximum absolute atomic E-state index is 12.8. The van der Waals surface area contributed by atoms with Gasteiger partial charge in [0.1, 0.15) is 0 Å². The Bertz CT molecular complexity index is 637. The van der Waals surface area contributed by atoms with E-state index in [1.807, 2.05) is 0 Å². The highest BCUT2D eigenvalue weighted by atomic mass is 35.5. The molecule has 7 nitrogen and oxygen atoms in total. The second kappa shape index (κ2) is 6.79. The topological polar surface area (TPSA) is 88.6 Å². The molecule has 3 heterocycles. The van der Waals surface area contributed by atoms with Crippen molar-refractivity contribution in [2.75, 3.05) is 20.2 Å². The molecule has 124 valence electrons. The molecule has 2 fully saturated rings. The first-order valence-electron chi connectivity index (χ1n) is 6.80. The van der Waals surface area contributed by atoms with Crippen molar-refractivity contribution in [2.24, 2.45) is 0 Å². The van der Waals surface area contributed by atoms with Crippen molar-refractivity contribution in [3.05, 3.63) is 11.2 Å². The van der Waals surface area contributed by atoms with Crippen LogP contribution in [0.4, 0.5) is 0 Å². The number of nitrogens with zero attached hydrogens (tertiary/aromatic N) is 2. The lowest BCUT2D eigenvalue weighted by molar-refractivity contribution is 0.0590. The molecular formula is C12H18ClN3O4S2. The van der Waals surface area contributed by atoms with Gasteiger partial charge in [-0.15, -0.1) is 23.7 Å². The molecule has 0 amide bonds. The summed E-state index contributed by atoms with van der Waals surface area (Å²) in [5, 5.41) is 3.44. The molecule has 10 heteroatoms. The third-order valence-corrected chi connectivity index (χ3v) is 7.09. The number of carbonyl (C=O) groups is 1. The summed E-state index contributed by atoms with van der Waals surface area (Å²) in [7, 11) is -2.48. The van der Waals surface area contributed by atoms with Gasteiger partial charge in [0.25, 0.3) is 10.0 Å². The van der Waals surface area contributed by atoms with Gasteiger partial charge < -0.3 is 10.1 Å². The molecule has 2 aliphatic heterocycles. The predicted octanol–water partition coefficient (Wildman–Crippen LogP) is 0.867. The maximum Gasteiger partial charge on any atom is 0.358 e. The number of rotatable bonds is 3. The first-order chi connectivity index (χ1) is 10.0. The first-order valence-corrected chi connectivity index (χ1v) is 9.12. The lowest BCUT2D eigenvalue weighted by atomic mass is 9.96. The number of halogens is 1. The summed E-state index contributed by atoms with van der Waals surface area (Å²) in [5.41, 5.74) is 1.24. The van der Waals surface area contributed by atoms with Crippen LogP contribution in [0.25, 0.3) is 0 Å². The molecule has 0 aliphatic carbocycles. The molecule has 1 N–H and O–H groups in total. The summed E-state index contributed by atoms with van der Waals surface area (Å²) in [4.78, 5) is 15.5. The number of aromatic nitrogens is 1. The molecular weight excluding hydrogens is 350 g/mol. The van der Waals surface area contributed by atoms with Gasteiger partial charge in [-0.2, -0.15) is 4.31 Å². The van der Waals surface area contributed by atoms with E-state index in [9.17, 15) is 13.2 Å². The largest absolute Gasteiger partial charge is 0.464 e. The second-order valence-electron chi connectivity index (χ2n) is 5.29. The van der Waals surface area contributed by atoms with Crippen LogP contribution >= 0.6 is 23.7 Å². The highest BCUT2D eigenvalue weighted by Gasteiger charge is 2.39. The van der Waals surface area contributed by atoms with Crippen molar-refractivity contribution in [2.45, 2.75) is 35.6 Å². The number of carbonyl (C=O) groups excluding carboxylic acids is 1. The first kappa shape index (κ1) is 17.6. The summed E-state index contributed by atoms with van der Waals surface area (Å²) in [6.07, 6.45) is 3.09. The van der Waals surface area contributed by atoms with E-state index in [4.69, 9.17) is 0 Å². The Morgan fingerprint density at radius 2 is 2.05 bits per heavy atom. The lowest BCUT2D eigenvalue weighted by Gasteiger charge is -2.41. The number of piperazine rings is 1. The number of nitrogens with one attached hydrogen (secondary N) is 1. The van der Waals surface area contributed by atoms with E-state index in [0.717, 1.165) is 30.6 Å². The van der Waals surface area contributed by atoms with Crippen molar-refractivity contribution < 1.29 is 17.9 Å². The Labute approximate surface area is 139 Å². The van der Waals surface area contributed by atoms with Crippen LogP contribution in [0.2, 0.25) is 0 Å². The molecule has 2 aliphatic rings. The molecule has 3 rings (SSSR count). The van der Waals surface area contributed by atoms with Crippen LogP contribution in [0.1, 0.15) is 29.8 Å². The molecule has 1 aromatic heterocycles. The van der Waals surface area contributed by atoms with Gasteiger partial charge in [0.05, 0.1) is 12.6 Å². The normalized spacial score (nSPS) is 25.3. The van der Waals surface area contributed by atoms with Crippen molar-refractivity contribution >= 4 is 39.7 Å². The Balaban J connectivity index is 0.00000176. The molecule has 1 aromatic rings. The zero-order valence-electron chi connectivity index (χ0n) is 12.0. The van der Waals surface area contributed by atoms with Crippen LogP contribution < -0.4 is 5.32 Å². The van der Waals surface area contributed by atoms with Crippen molar-refractivity contribution in [3.63, 3.8) is 0 Å². The molecule has 2 bridgehead atoms. The number of ether oxygens (including phenoxy) is 1. The molecule has 2 saturated heterocycles. The van der Waals surface area contributed by atoms with Gasteiger partial charge in [0.15, 0.2) is 9.90 Å². The van der Waals surface area contributed by atoms with Gasteiger partial charge in [-0.1, -0.05) is 6.42 Å². The van der Waals surface area contributed by atoms with Crippen LogP contribution in [-0.2, 0) is 14.8 Å². The molecule has 0 saturated carbocycles. The molecule has 2 atom stereocenters. The fourth-order valence-corrected chi connectivity index (χ4v) is 5.73. The minimum atomic E-state index is -3.70. The summed E-state index contributed by atoms with van der Waals surface area (Å²) in [6, 6.07) is 0.392. The smallest absolute Gasteiger partial charge is 0.358 e. The zero-order chi connectivity index (χ0) is 15.0. The van der Waals surface area contributed by atoms with E-state index >= 15 is 0 Å². The number of sulfonamides is 1. The number of hydrogen-bond donors (Lipinski definition) is 1. The van der Waals surface area contributed by atoms with Crippen molar-refractivity contribution in [1.82, 2.24) is 14.6 Å². The molecule has 0 radical (unpaired) electrons. The van der Waals surface area contributed by atoms with Crippen molar-refractivity contribution in [3.8, 4) is 0 Å². The van der Waals surface area contributed by atoms with Crippen LogP contribution in [0, 0.1) is 0 Å². The fourth-order valence-electron chi connectivity index (χ4n) is 2.93. The number of methoxy groups -OCH3 is 1. The quantitative estimate of drug-likeness (QED) is 0.797. The van der Waals surface area contributed by atoms with Gasteiger partial charge in [-0.05, 0) is 12.8 Å². The Hall–Kier alpha value is -0.740. The summed E-state index contributed by atoms with van der Waals surface area (Å²) >= 11 is 0.960. The summed E-state index contributed by atoms with van der Waals surface area (Å²) in [5.74, 6) is -0.717. The van der Waals surface area contributed by atoms with Crippen LogP contribution in [0.3, 0.4) is 0 Å². The number of piperidine rings is 1. The van der Waals surface area contributed by atoms with Gasteiger partial charge >= 0.3 is 5.97 Å². The average Bonchev–Trinajstić information content (AvgIpc) is 2.96. The SMILES string of the molecule is COC(=O)c1ncsc1S(=O)(=O)N1CC2CCCC(C1)N2.Cl. The molecule has 22 heavy (non-hydrogen) atoms.